The number of aromatic nitrogens is 2. The highest BCUT2D eigenvalue weighted by Gasteiger charge is 2.20. The highest BCUT2D eigenvalue weighted by molar-refractivity contribution is 7.18. The second-order valence-electron chi connectivity index (χ2n) is 5.69. The van der Waals surface area contributed by atoms with E-state index in [4.69, 9.17) is 0 Å². The molecule has 3 N–H and O–H groups in total. The molecule has 0 fully saturated rings. The van der Waals surface area contributed by atoms with Gasteiger partial charge in [0.25, 0.3) is 0 Å². The van der Waals surface area contributed by atoms with E-state index < -0.39 is 0 Å². The zero-order valence-corrected chi connectivity index (χ0v) is 14.0. The van der Waals surface area contributed by atoms with Crippen LogP contribution in [0.4, 0.5) is 11.8 Å². The third kappa shape index (κ3) is 3.83. The van der Waals surface area contributed by atoms with E-state index in [0.717, 1.165) is 29.0 Å². The predicted octanol–water partition coefficient (Wildman–Crippen LogP) is 3.26. The average Bonchev–Trinajstić information content (AvgIpc) is 2.82. The number of hydrogen-bond donors (Lipinski definition) is 3. The number of nitrogens with one attached hydrogen (secondary N) is 2. The van der Waals surface area contributed by atoms with Gasteiger partial charge < -0.3 is 15.7 Å². The van der Waals surface area contributed by atoms with Gasteiger partial charge in [0.15, 0.2) is 0 Å². The zero-order chi connectivity index (χ0) is 15.5. The molecule has 2 aromatic rings. The molecule has 0 aliphatic carbocycles. The zero-order valence-electron chi connectivity index (χ0n) is 13.2. The molecule has 6 heteroatoms. The number of aliphatic hydroxyl groups excluding tert-OH is 1. The van der Waals surface area contributed by atoms with Crippen LogP contribution in [0.2, 0.25) is 0 Å². The Kier molecular flexibility index (Phi) is 5.00. The van der Waals surface area contributed by atoms with Crippen LogP contribution in [0, 0.1) is 0 Å². The van der Waals surface area contributed by atoms with Gasteiger partial charge in [0, 0.05) is 23.6 Å². The van der Waals surface area contributed by atoms with E-state index in [1.54, 1.807) is 11.3 Å². The Bertz CT molecular complexity index is 609. The van der Waals surface area contributed by atoms with Gasteiger partial charge in [0.1, 0.15) is 10.6 Å². The molecule has 21 heavy (non-hydrogen) atoms. The Morgan fingerprint density at radius 2 is 2.05 bits per heavy atom. The highest BCUT2D eigenvalue weighted by atomic mass is 32.1. The molecule has 2 aromatic heterocycles. The van der Waals surface area contributed by atoms with Gasteiger partial charge in [-0.25, -0.2) is 4.98 Å². The largest absolute Gasteiger partial charge is 0.396 e. The minimum absolute atomic E-state index is 0.151. The average molecular weight is 308 g/mol. The van der Waals surface area contributed by atoms with Crippen molar-refractivity contribution in [3.63, 3.8) is 0 Å². The Morgan fingerprint density at radius 3 is 2.67 bits per heavy atom. The molecule has 0 atom stereocenters. The number of nitrogens with zero attached hydrogens (tertiary/aromatic N) is 2. The molecular formula is C15H24N4OS. The first kappa shape index (κ1) is 16.0. The predicted molar refractivity (Wildman–Crippen MR) is 90.4 cm³/mol. The molecule has 116 valence electrons. The molecule has 0 bridgehead atoms. The third-order valence-electron chi connectivity index (χ3n) is 3.32. The summed E-state index contributed by atoms with van der Waals surface area (Å²) in [4.78, 5) is 11.5. The molecular weight excluding hydrogens is 284 g/mol. The summed E-state index contributed by atoms with van der Waals surface area (Å²) in [5, 5.41) is 16.9. The summed E-state index contributed by atoms with van der Waals surface area (Å²) in [6.45, 7) is 9.25. The lowest BCUT2D eigenvalue weighted by atomic mass is 10.0. The van der Waals surface area contributed by atoms with Crippen molar-refractivity contribution in [1.82, 2.24) is 9.97 Å². The van der Waals surface area contributed by atoms with Gasteiger partial charge in [0.05, 0.1) is 5.39 Å². The van der Waals surface area contributed by atoms with E-state index in [1.165, 1.54) is 4.88 Å². The maximum absolute atomic E-state index is 9.19. The van der Waals surface area contributed by atoms with Crippen LogP contribution in [0.15, 0.2) is 6.07 Å². The molecule has 0 amide bonds. The lowest BCUT2D eigenvalue weighted by Gasteiger charge is -2.26. The van der Waals surface area contributed by atoms with Crippen LogP contribution < -0.4 is 10.6 Å². The lowest BCUT2D eigenvalue weighted by Crippen LogP contribution is -2.32. The van der Waals surface area contributed by atoms with E-state index in [-0.39, 0.29) is 12.1 Å². The summed E-state index contributed by atoms with van der Waals surface area (Å²) in [7, 11) is 0. The second-order valence-corrected chi connectivity index (χ2v) is 6.81. The minimum Gasteiger partial charge on any atom is -0.396 e. The first-order chi connectivity index (χ1) is 9.99. The van der Waals surface area contributed by atoms with Gasteiger partial charge in [-0.3, -0.25) is 0 Å². The molecule has 0 aliphatic heterocycles. The van der Waals surface area contributed by atoms with Crippen molar-refractivity contribution in [2.45, 2.75) is 46.1 Å². The van der Waals surface area contributed by atoms with E-state index in [2.05, 4.69) is 47.4 Å². The molecule has 0 aromatic carbocycles. The van der Waals surface area contributed by atoms with E-state index in [1.807, 2.05) is 6.92 Å². The van der Waals surface area contributed by atoms with Crippen molar-refractivity contribution in [2.75, 3.05) is 23.8 Å². The highest BCUT2D eigenvalue weighted by Crippen LogP contribution is 2.32. The fraction of sp³-hybridized carbons (Fsp3) is 0.600. The van der Waals surface area contributed by atoms with Gasteiger partial charge in [0.2, 0.25) is 5.95 Å². The molecule has 2 heterocycles. The van der Waals surface area contributed by atoms with Crippen molar-refractivity contribution in [3.05, 3.63) is 10.9 Å². The molecule has 5 nitrogen and oxygen atoms in total. The van der Waals surface area contributed by atoms with Crippen LogP contribution in [-0.4, -0.2) is 33.8 Å². The van der Waals surface area contributed by atoms with Gasteiger partial charge in [-0.1, -0.05) is 6.92 Å². The number of fused-ring (bicyclic) bond motifs is 1. The molecule has 2 rings (SSSR count). The smallest absolute Gasteiger partial charge is 0.226 e. The molecule has 0 aliphatic rings. The Morgan fingerprint density at radius 1 is 1.29 bits per heavy atom. The number of aliphatic hydroxyl groups is 1. The van der Waals surface area contributed by atoms with Gasteiger partial charge in [-0.15, -0.1) is 11.3 Å². The summed E-state index contributed by atoms with van der Waals surface area (Å²) in [5.74, 6) is 1.49. The molecule has 0 spiro atoms. The van der Waals surface area contributed by atoms with Crippen molar-refractivity contribution in [3.8, 4) is 0 Å². The SMILES string of the molecule is CCNc1nc(NC(C)(C)CCO)c2cc(CC)sc2n1. The number of anilines is 2. The van der Waals surface area contributed by atoms with E-state index in [0.29, 0.717) is 12.4 Å². The fourth-order valence-electron chi connectivity index (χ4n) is 2.14. The number of hydrogen-bond acceptors (Lipinski definition) is 6. The maximum atomic E-state index is 9.19. The summed E-state index contributed by atoms with van der Waals surface area (Å²) in [6.07, 6.45) is 1.66. The van der Waals surface area contributed by atoms with Gasteiger partial charge >= 0.3 is 0 Å². The number of thiophene rings is 1. The monoisotopic (exact) mass is 308 g/mol. The van der Waals surface area contributed by atoms with Crippen LogP contribution >= 0.6 is 11.3 Å². The summed E-state index contributed by atoms with van der Waals surface area (Å²) in [6, 6.07) is 2.16. The molecule has 0 unspecified atom stereocenters. The molecule has 0 radical (unpaired) electrons. The Balaban J connectivity index is 2.45. The van der Waals surface area contributed by atoms with Crippen LogP contribution in [-0.2, 0) is 6.42 Å². The van der Waals surface area contributed by atoms with Crippen molar-refractivity contribution >= 4 is 33.3 Å². The van der Waals surface area contributed by atoms with Crippen molar-refractivity contribution in [1.29, 1.82) is 0 Å². The lowest BCUT2D eigenvalue weighted by molar-refractivity contribution is 0.260. The van der Waals surface area contributed by atoms with Gasteiger partial charge in [-0.2, -0.15) is 4.98 Å². The van der Waals surface area contributed by atoms with Crippen LogP contribution in [0.5, 0.6) is 0 Å². The topological polar surface area (TPSA) is 70.1 Å². The summed E-state index contributed by atoms with van der Waals surface area (Å²) in [5.41, 5.74) is -0.214. The van der Waals surface area contributed by atoms with E-state index in [9.17, 15) is 5.11 Å². The van der Waals surface area contributed by atoms with Crippen molar-refractivity contribution < 1.29 is 5.11 Å². The standard InChI is InChI=1S/C15H24N4OS/c1-5-10-9-11-12(19-15(3,4)7-8-20)17-14(16-6-2)18-13(11)21-10/h9,20H,5-8H2,1-4H3,(H2,16,17,18,19). The molecule has 0 saturated heterocycles. The summed E-state index contributed by atoms with van der Waals surface area (Å²) >= 11 is 1.71. The Hall–Kier alpha value is -1.40. The van der Waals surface area contributed by atoms with Crippen LogP contribution in [0.3, 0.4) is 0 Å². The Labute approximate surface area is 129 Å². The minimum atomic E-state index is -0.214. The second kappa shape index (κ2) is 6.58. The van der Waals surface area contributed by atoms with Crippen LogP contribution in [0.25, 0.3) is 10.2 Å². The summed E-state index contributed by atoms with van der Waals surface area (Å²) < 4.78 is 0. The van der Waals surface area contributed by atoms with Crippen LogP contribution in [0.1, 0.15) is 39.0 Å². The normalized spacial score (nSPS) is 11.9. The third-order valence-corrected chi connectivity index (χ3v) is 4.49. The van der Waals surface area contributed by atoms with Gasteiger partial charge in [-0.05, 0) is 39.7 Å². The maximum Gasteiger partial charge on any atom is 0.226 e. The molecule has 0 saturated carbocycles. The first-order valence-corrected chi connectivity index (χ1v) is 8.24. The first-order valence-electron chi connectivity index (χ1n) is 7.42. The van der Waals surface area contributed by atoms with E-state index >= 15 is 0 Å². The quantitative estimate of drug-likeness (QED) is 0.732. The fourth-order valence-corrected chi connectivity index (χ4v) is 3.11. The number of rotatable bonds is 7. The van der Waals surface area contributed by atoms with Crippen molar-refractivity contribution in [2.24, 2.45) is 0 Å². The number of aryl methyl sites for hydroxylation is 1.